The maximum absolute atomic E-state index is 11.8. The van der Waals surface area contributed by atoms with Crippen LogP contribution in [0.5, 0.6) is 0 Å². The van der Waals surface area contributed by atoms with Crippen molar-refractivity contribution >= 4 is 23.6 Å². The fraction of sp³-hybridized carbons (Fsp3) is 0.818. The Labute approximate surface area is 100 Å². The predicted octanol–water partition coefficient (Wildman–Crippen LogP) is 0.619. The zero-order valence-electron chi connectivity index (χ0n) is 9.57. The van der Waals surface area contributed by atoms with Crippen molar-refractivity contribution in [2.45, 2.75) is 37.5 Å². The molecule has 2 atom stereocenters. The van der Waals surface area contributed by atoms with E-state index in [4.69, 9.17) is 0 Å². The third-order valence-electron chi connectivity index (χ3n) is 3.18. The van der Waals surface area contributed by atoms with Crippen LogP contribution in [0, 0.1) is 0 Å². The standard InChI is InChI=1S/C11H18N2O2S/c1-2-13-10(14)6-9(11(13)15)12-7-8-4-3-5-16-8/h8-9,12H,2-7H2,1H3. The molecule has 0 aromatic rings. The molecule has 0 spiro atoms. The van der Waals surface area contributed by atoms with E-state index in [0.29, 0.717) is 18.2 Å². The molecule has 16 heavy (non-hydrogen) atoms. The molecule has 0 aromatic heterocycles. The van der Waals surface area contributed by atoms with Gasteiger partial charge >= 0.3 is 0 Å². The van der Waals surface area contributed by atoms with E-state index in [-0.39, 0.29) is 17.9 Å². The maximum Gasteiger partial charge on any atom is 0.246 e. The van der Waals surface area contributed by atoms with Gasteiger partial charge < -0.3 is 5.32 Å². The third kappa shape index (κ3) is 2.40. The molecule has 0 bridgehead atoms. The highest BCUT2D eigenvalue weighted by Gasteiger charge is 2.37. The van der Waals surface area contributed by atoms with Gasteiger partial charge in [-0.3, -0.25) is 14.5 Å². The molecular weight excluding hydrogens is 224 g/mol. The van der Waals surface area contributed by atoms with Gasteiger partial charge in [-0.15, -0.1) is 0 Å². The number of carbonyl (C=O) groups excluding carboxylic acids is 2. The first-order valence-corrected chi connectivity index (χ1v) is 6.96. The lowest BCUT2D eigenvalue weighted by molar-refractivity contribution is -0.138. The van der Waals surface area contributed by atoms with Crippen molar-refractivity contribution in [1.82, 2.24) is 10.2 Å². The van der Waals surface area contributed by atoms with Crippen LogP contribution >= 0.6 is 11.8 Å². The lowest BCUT2D eigenvalue weighted by Gasteiger charge is -2.15. The molecule has 5 heteroatoms. The quantitative estimate of drug-likeness (QED) is 0.734. The molecule has 2 rings (SSSR count). The molecule has 0 radical (unpaired) electrons. The SMILES string of the molecule is CCN1C(=O)CC(NCC2CCCS2)C1=O. The van der Waals surface area contributed by atoms with Crippen LogP contribution in [0.2, 0.25) is 0 Å². The molecule has 2 aliphatic heterocycles. The van der Waals surface area contributed by atoms with E-state index in [1.807, 2.05) is 18.7 Å². The van der Waals surface area contributed by atoms with Gasteiger partial charge in [0.25, 0.3) is 0 Å². The number of nitrogens with one attached hydrogen (secondary N) is 1. The first kappa shape index (κ1) is 11.9. The summed E-state index contributed by atoms with van der Waals surface area (Å²) in [5.74, 6) is 1.14. The zero-order valence-corrected chi connectivity index (χ0v) is 10.4. The summed E-state index contributed by atoms with van der Waals surface area (Å²) in [7, 11) is 0. The third-order valence-corrected chi connectivity index (χ3v) is 4.57. The maximum atomic E-state index is 11.8. The van der Waals surface area contributed by atoms with Crippen LogP contribution in [-0.2, 0) is 9.59 Å². The molecule has 1 N–H and O–H groups in total. The van der Waals surface area contributed by atoms with Gasteiger partial charge in [-0.2, -0.15) is 11.8 Å². The second-order valence-electron chi connectivity index (χ2n) is 4.28. The number of carbonyl (C=O) groups is 2. The normalized spacial score (nSPS) is 30.4. The van der Waals surface area contributed by atoms with Crippen molar-refractivity contribution in [3.8, 4) is 0 Å². The van der Waals surface area contributed by atoms with Crippen molar-refractivity contribution < 1.29 is 9.59 Å². The van der Waals surface area contributed by atoms with Gasteiger partial charge in [0.15, 0.2) is 0 Å². The van der Waals surface area contributed by atoms with E-state index in [2.05, 4.69) is 5.32 Å². The zero-order chi connectivity index (χ0) is 11.5. The summed E-state index contributed by atoms with van der Waals surface area (Å²) in [5, 5.41) is 3.86. The summed E-state index contributed by atoms with van der Waals surface area (Å²) in [6, 6.07) is -0.270. The Bertz CT molecular complexity index is 290. The Kier molecular flexibility index (Phi) is 3.86. The highest BCUT2D eigenvalue weighted by molar-refractivity contribution is 8.00. The molecule has 2 saturated heterocycles. The van der Waals surface area contributed by atoms with Gasteiger partial charge in [-0.25, -0.2) is 0 Å². The second-order valence-corrected chi connectivity index (χ2v) is 5.68. The van der Waals surface area contributed by atoms with E-state index < -0.39 is 0 Å². The fourth-order valence-corrected chi connectivity index (χ4v) is 3.47. The van der Waals surface area contributed by atoms with E-state index in [9.17, 15) is 9.59 Å². The van der Waals surface area contributed by atoms with Crippen LogP contribution in [0.1, 0.15) is 26.2 Å². The summed E-state index contributed by atoms with van der Waals surface area (Å²) >= 11 is 1.96. The molecule has 0 saturated carbocycles. The number of hydrogen-bond donors (Lipinski definition) is 1. The van der Waals surface area contributed by atoms with Gasteiger partial charge in [0.1, 0.15) is 0 Å². The second kappa shape index (κ2) is 5.19. The molecule has 2 amide bonds. The van der Waals surface area contributed by atoms with Gasteiger partial charge in [0, 0.05) is 18.3 Å². The topological polar surface area (TPSA) is 49.4 Å². The molecule has 90 valence electrons. The fourth-order valence-electron chi connectivity index (χ4n) is 2.25. The van der Waals surface area contributed by atoms with Crippen LogP contribution in [-0.4, -0.2) is 46.8 Å². The van der Waals surface area contributed by atoms with E-state index >= 15 is 0 Å². The first-order chi connectivity index (χ1) is 7.72. The summed E-state index contributed by atoms with van der Waals surface area (Å²) in [6.45, 7) is 3.19. The smallest absolute Gasteiger partial charge is 0.246 e. The van der Waals surface area contributed by atoms with Gasteiger partial charge in [0.05, 0.1) is 12.5 Å². The lowest BCUT2D eigenvalue weighted by atomic mass is 10.2. The highest BCUT2D eigenvalue weighted by Crippen LogP contribution is 2.25. The number of rotatable bonds is 4. The van der Waals surface area contributed by atoms with Crippen LogP contribution in [0.15, 0.2) is 0 Å². The number of hydrogen-bond acceptors (Lipinski definition) is 4. The Morgan fingerprint density at radius 3 is 2.88 bits per heavy atom. The Morgan fingerprint density at radius 1 is 1.50 bits per heavy atom. The van der Waals surface area contributed by atoms with Crippen molar-refractivity contribution in [2.24, 2.45) is 0 Å². The average molecular weight is 242 g/mol. The Hall–Kier alpha value is -0.550. The summed E-state index contributed by atoms with van der Waals surface area (Å²) in [5.41, 5.74) is 0. The van der Waals surface area contributed by atoms with Crippen LogP contribution < -0.4 is 5.32 Å². The minimum absolute atomic E-state index is 0.0379. The van der Waals surface area contributed by atoms with Crippen molar-refractivity contribution in [3.63, 3.8) is 0 Å². The van der Waals surface area contributed by atoms with Crippen molar-refractivity contribution in [3.05, 3.63) is 0 Å². The number of thioether (sulfide) groups is 1. The number of likely N-dealkylation sites (N-methyl/N-ethyl adjacent to an activating group) is 1. The molecule has 0 aromatic carbocycles. The minimum Gasteiger partial charge on any atom is -0.304 e. The largest absolute Gasteiger partial charge is 0.304 e. The summed E-state index contributed by atoms with van der Waals surface area (Å²) in [4.78, 5) is 24.6. The van der Waals surface area contributed by atoms with Crippen molar-refractivity contribution in [2.75, 3.05) is 18.8 Å². The van der Waals surface area contributed by atoms with Gasteiger partial charge in [-0.05, 0) is 25.5 Å². The molecule has 0 aliphatic carbocycles. The Balaban J connectivity index is 1.82. The molecular formula is C11H18N2O2S. The number of likely N-dealkylation sites (tertiary alicyclic amines) is 1. The van der Waals surface area contributed by atoms with Gasteiger partial charge in [0.2, 0.25) is 11.8 Å². The van der Waals surface area contributed by atoms with Crippen LogP contribution in [0.3, 0.4) is 0 Å². The van der Waals surface area contributed by atoms with Crippen LogP contribution in [0.4, 0.5) is 0 Å². The average Bonchev–Trinajstić information content (AvgIpc) is 2.85. The monoisotopic (exact) mass is 242 g/mol. The highest BCUT2D eigenvalue weighted by atomic mass is 32.2. The van der Waals surface area contributed by atoms with E-state index in [0.717, 1.165) is 6.54 Å². The molecule has 4 nitrogen and oxygen atoms in total. The minimum atomic E-state index is -0.270. The number of imide groups is 1. The summed E-state index contributed by atoms with van der Waals surface area (Å²) in [6.07, 6.45) is 2.84. The molecule has 2 unspecified atom stereocenters. The lowest BCUT2D eigenvalue weighted by Crippen LogP contribution is -2.40. The number of nitrogens with zero attached hydrogens (tertiary/aromatic N) is 1. The first-order valence-electron chi connectivity index (χ1n) is 5.91. The molecule has 2 heterocycles. The van der Waals surface area contributed by atoms with E-state index in [1.54, 1.807) is 0 Å². The molecule has 2 fully saturated rings. The Morgan fingerprint density at radius 2 is 2.31 bits per heavy atom. The van der Waals surface area contributed by atoms with E-state index in [1.165, 1.54) is 23.5 Å². The van der Waals surface area contributed by atoms with Gasteiger partial charge in [-0.1, -0.05) is 0 Å². The predicted molar refractivity (Wildman–Crippen MR) is 64.3 cm³/mol. The van der Waals surface area contributed by atoms with Crippen LogP contribution in [0.25, 0.3) is 0 Å². The number of amides is 2. The summed E-state index contributed by atoms with van der Waals surface area (Å²) < 4.78 is 0. The van der Waals surface area contributed by atoms with Crippen molar-refractivity contribution in [1.29, 1.82) is 0 Å². The molecule has 2 aliphatic rings.